The molecule has 0 aliphatic rings. The van der Waals surface area contributed by atoms with E-state index in [1.54, 1.807) is 12.1 Å². The second-order valence-electron chi connectivity index (χ2n) is 7.75. The SMILES string of the molecule is Cc1cc(=O)oc2cc(OCC(=O)N[C@@H](c3ccccc3)c3nc4ccccc4[nH]3)ccc12. The second kappa shape index (κ2) is 8.63. The van der Waals surface area contributed by atoms with Crippen molar-refractivity contribution >= 4 is 27.9 Å². The first-order valence-corrected chi connectivity index (χ1v) is 10.5. The van der Waals surface area contributed by atoms with Crippen molar-refractivity contribution in [2.75, 3.05) is 6.61 Å². The van der Waals surface area contributed by atoms with Crippen LogP contribution < -0.4 is 15.7 Å². The molecule has 0 bridgehead atoms. The number of carbonyl (C=O) groups is 1. The molecule has 2 heterocycles. The molecule has 3 aromatic carbocycles. The summed E-state index contributed by atoms with van der Waals surface area (Å²) in [5.41, 5.74) is 3.43. The normalized spacial score (nSPS) is 12.0. The van der Waals surface area contributed by atoms with E-state index in [9.17, 15) is 9.59 Å². The summed E-state index contributed by atoms with van der Waals surface area (Å²) in [4.78, 5) is 32.4. The summed E-state index contributed by atoms with van der Waals surface area (Å²) in [6.07, 6.45) is 0. The Morgan fingerprint density at radius 2 is 1.85 bits per heavy atom. The lowest BCUT2D eigenvalue weighted by Gasteiger charge is -2.17. The van der Waals surface area contributed by atoms with Gasteiger partial charge in [-0.2, -0.15) is 0 Å². The molecule has 0 radical (unpaired) electrons. The van der Waals surface area contributed by atoms with Crippen LogP contribution in [0.15, 0.2) is 88.1 Å². The highest BCUT2D eigenvalue weighted by Gasteiger charge is 2.20. The number of rotatable bonds is 6. The van der Waals surface area contributed by atoms with Gasteiger partial charge in [0.15, 0.2) is 6.61 Å². The third-order valence-electron chi connectivity index (χ3n) is 5.41. The number of nitrogens with one attached hydrogen (secondary N) is 2. The highest BCUT2D eigenvalue weighted by atomic mass is 16.5. The van der Waals surface area contributed by atoms with E-state index < -0.39 is 11.7 Å². The predicted octanol–water partition coefficient (Wildman–Crippen LogP) is 4.26. The molecule has 0 fully saturated rings. The van der Waals surface area contributed by atoms with Crippen LogP contribution in [0.3, 0.4) is 0 Å². The maximum absolute atomic E-state index is 12.8. The van der Waals surface area contributed by atoms with Gasteiger partial charge in [-0.25, -0.2) is 9.78 Å². The molecule has 0 saturated carbocycles. The molecule has 0 unspecified atom stereocenters. The fourth-order valence-corrected chi connectivity index (χ4v) is 3.81. The third-order valence-corrected chi connectivity index (χ3v) is 5.41. The van der Waals surface area contributed by atoms with Crippen molar-refractivity contribution in [1.82, 2.24) is 15.3 Å². The van der Waals surface area contributed by atoms with Gasteiger partial charge in [-0.3, -0.25) is 4.79 Å². The Bertz CT molecular complexity index is 1470. The van der Waals surface area contributed by atoms with E-state index in [4.69, 9.17) is 9.15 Å². The van der Waals surface area contributed by atoms with Crippen LogP contribution in [0.1, 0.15) is 23.0 Å². The summed E-state index contributed by atoms with van der Waals surface area (Å²) >= 11 is 0. The number of fused-ring (bicyclic) bond motifs is 2. The van der Waals surface area contributed by atoms with Gasteiger partial charge in [0.1, 0.15) is 23.2 Å². The monoisotopic (exact) mass is 439 g/mol. The van der Waals surface area contributed by atoms with Crippen LogP contribution >= 0.6 is 0 Å². The van der Waals surface area contributed by atoms with Crippen LogP contribution in [0.25, 0.3) is 22.0 Å². The molecule has 164 valence electrons. The first kappa shape index (κ1) is 20.5. The first-order chi connectivity index (χ1) is 16.1. The zero-order valence-electron chi connectivity index (χ0n) is 17.9. The third kappa shape index (κ3) is 4.34. The largest absolute Gasteiger partial charge is 0.484 e. The average Bonchev–Trinajstić information content (AvgIpc) is 3.25. The van der Waals surface area contributed by atoms with Gasteiger partial charge in [0.05, 0.1) is 11.0 Å². The number of aryl methyl sites for hydroxylation is 1. The molecular formula is C26H21N3O4. The molecule has 2 aromatic heterocycles. The average molecular weight is 439 g/mol. The van der Waals surface area contributed by atoms with E-state index in [0.717, 1.165) is 27.5 Å². The Hall–Kier alpha value is -4.39. The molecule has 1 amide bonds. The minimum absolute atomic E-state index is 0.203. The van der Waals surface area contributed by atoms with Gasteiger partial charge >= 0.3 is 5.63 Å². The van der Waals surface area contributed by atoms with E-state index in [2.05, 4.69) is 15.3 Å². The van der Waals surface area contributed by atoms with E-state index in [1.807, 2.05) is 67.6 Å². The Kier molecular flexibility index (Phi) is 5.36. The molecule has 5 rings (SSSR count). The number of para-hydroxylation sites is 2. The Labute approximate surface area is 189 Å². The van der Waals surface area contributed by atoms with E-state index in [-0.39, 0.29) is 12.5 Å². The van der Waals surface area contributed by atoms with Gasteiger partial charge in [-0.1, -0.05) is 42.5 Å². The number of benzene rings is 3. The molecule has 2 N–H and O–H groups in total. The zero-order chi connectivity index (χ0) is 22.8. The number of imidazole rings is 1. The predicted molar refractivity (Wildman–Crippen MR) is 125 cm³/mol. The van der Waals surface area contributed by atoms with Crippen LogP contribution in [0.4, 0.5) is 0 Å². The molecule has 33 heavy (non-hydrogen) atoms. The highest BCUT2D eigenvalue weighted by molar-refractivity contribution is 5.82. The molecule has 7 heteroatoms. The summed E-state index contributed by atoms with van der Waals surface area (Å²) in [5, 5.41) is 3.82. The van der Waals surface area contributed by atoms with Crippen LogP contribution in [-0.4, -0.2) is 22.5 Å². The van der Waals surface area contributed by atoms with Crippen LogP contribution in [0, 0.1) is 6.92 Å². The molecule has 0 saturated heterocycles. The summed E-state index contributed by atoms with van der Waals surface area (Å²) in [5.74, 6) is 0.764. The Morgan fingerprint density at radius 3 is 2.67 bits per heavy atom. The maximum atomic E-state index is 12.8. The van der Waals surface area contributed by atoms with E-state index in [1.165, 1.54) is 6.07 Å². The van der Waals surface area contributed by atoms with Crippen LogP contribution in [0.5, 0.6) is 5.75 Å². The summed E-state index contributed by atoms with van der Waals surface area (Å²) in [7, 11) is 0. The van der Waals surface area contributed by atoms with Gasteiger partial charge in [-0.05, 0) is 42.3 Å². The summed E-state index contributed by atoms with van der Waals surface area (Å²) in [6, 6.07) is 23.5. The number of hydrogen-bond acceptors (Lipinski definition) is 5. The lowest BCUT2D eigenvalue weighted by molar-refractivity contribution is -0.123. The van der Waals surface area contributed by atoms with Gasteiger partial charge in [-0.15, -0.1) is 0 Å². The molecule has 7 nitrogen and oxygen atoms in total. The van der Waals surface area contributed by atoms with Gasteiger partial charge in [0.2, 0.25) is 0 Å². The van der Waals surface area contributed by atoms with Crippen molar-refractivity contribution in [3.8, 4) is 5.75 Å². The number of aromatic nitrogens is 2. The molecule has 1 atom stereocenters. The molecular weight excluding hydrogens is 418 g/mol. The Balaban J connectivity index is 1.35. The van der Waals surface area contributed by atoms with Crippen LogP contribution in [0.2, 0.25) is 0 Å². The van der Waals surface area contributed by atoms with Crippen molar-refractivity contribution in [2.45, 2.75) is 13.0 Å². The molecule has 0 aliphatic heterocycles. The van der Waals surface area contributed by atoms with Crippen molar-refractivity contribution in [2.24, 2.45) is 0 Å². The minimum Gasteiger partial charge on any atom is -0.484 e. The lowest BCUT2D eigenvalue weighted by atomic mass is 10.1. The summed E-state index contributed by atoms with van der Waals surface area (Å²) < 4.78 is 10.9. The Morgan fingerprint density at radius 1 is 1.06 bits per heavy atom. The molecule has 0 spiro atoms. The van der Waals surface area contributed by atoms with Gasteiger partial charge in [0, 0.05) is 17.5 Å². The van der Waals surface area contributed by atoms with Gasteiger partial charge < -0.3 is 19.5 Å². The quantitative estimate of drug-likeness (QED) is 0.385. The first-order valence-electron chi connectivity index (χ1n) is 10.5. The minimum atomic E-state index is -0.466. The number of nitrogens with zero attached hydrogens (tertiary/aromatic N) is 1. The van der Waals surface area contributed by atoms with Crippen molar-refractivity contribution in [3.05, 3.63) is 106 Å². The van der Waals surface area contributed by atoms with Crippen LogP contribution in [-0.2, 0) is 4.79 Å². The number of amides is 1. The summed E-state index contributed by atoms with van der Waals surface area (Å²) in [6.45, 7) is 1.64. The topological polar surface area (TPSA) is 97.2 Å². The molecule has 5 aromatic rings. The lowest BCUT2D eigenvalue weighted by Crippen LogP contribution is -2.33. The second-order valence-corrected chi connectivity index (χ2v) is 7.75. The number of hydrogen-bond donors (Lipinski definition) is 2. The van der Waals surface area contributed by atoms with E-state index in [0.29, 0.717) is 17.2 Å². The maximum Gasteiger partial charge on any atom is 0.336 e. The standard InChI is InChI=1S/C26H21N3O4/c1-16-13-24(31)33-22-14-18(11-12-19(16)22)32-15-23(30)29-25(17-7-3-2-4-8-17)26-27-20-9-5-6-10-21(20)28-26/h2-14,25H,15H2,1H3,(H,27,28)(H,29,30)/t25-/m0/s1. The fourth-order valence-electron chi connectivity index (χ4n) is 3.81. The van der Waals surface area contributed by atoms with E-state index >= 15 is 0 Å². The van der Waals surface area contributed by atoms with Gasteiger partial charge in [0.25, 0.3) is 5.91 Å². The molecule has 0 aliphatic carbocycles. The smallest absolute Gasteiger partial charge is 0.336 e. The number of aromatic amines is 1. The van der Waals surface area contributed by atoms with Crippen molar-refractivity contribution in [3.63, 3.8) is 0 Å². The number of H-pyrrole nitrogens is 1. The zero-order valence-corrected chi connectivity index (χ0v) is 17.9. The highest BCUT2D eigenvalue weighted by Crippen LogP contribution is 2.24. The number of ether oxygens (including phenoxy) is 1. The van der Waals surface area contributed by atoms with Crippen molar-refractivity contribution < 1.29 is 13.9 Å². The fraction of sp³-hybridized carbons (Fsp3) is 0.115. The van der Waals surface area contributed by atoms with Crippen molar-refractivity contribution in [1.29, 1.82) is 0 Å². The number of carbonyl (C=O) groups excluding carboxylic acids is 1.